The first kappa shape index (κ1) is 13.4. The summed E-state index contributed by atoms with van der Waals surface area (Å²) in [5.41, 5.74) is -0.842. The Labute approximate surface area is 103 Å². The van der Waals surface area contributed by atoms with E-state index in [1.165, 1.54) is 0 Å². The third-order valence-corrected chi connectivity index (χ3v) is 5.17. The number of benzene rings is 1. The molecule has 0 aromatic heterocycles. The van der Waals surface area contributed by atoms with Gasteiger partial charge in [-0.2, -0.15) is 13.2 Å². The van der Waals surface area contributed by atoms with E-state index >= 15 is 0 Å². The van der Waals surface area contributed by atoms with E-state index in [1.807, 2.05) is 0 Å². The maximum Gasteiger partial charge on any atom is 0.416 e. The van der Waals surface area contributed by atoms with Gasteiger partial charge in [0.1, 0.15) is 0 Å². The lowest BCUT2D eigenvalue weighted by atomic mass is 10.2. The molecule has 0 spiro atoms. The Morgan fingerprint density at radius 3 is 2.22 bits per heavy atom. The molecule has 0 radical (unpaired) electrons. The zero-order valence-corrected chi connectivity index (χ0v) is 10.2. The van der Waals surface area contributed by atoms with Crippen molar-refractivity contribution >= 4 is 9.84 Å². The number of hydrogen-bond donors (Lipinski definition) is 1. The third-order valence-electron chi connectivity index (χ3n) is 2.96. The number of nitrogens with one attached hydrogen (secondary N) is 1. The number of halogens is 3. The molecule has 1 atom stereocenters. The molecule has 0 amide bonds. The predicted molar refractivity (Wildman–Crippen MR) is 59.9 cm³/mol. The van der Waals surface area contributed by atoms with E-state index in [1.54, 1.807) is 0 Å². The van der Waals surface area contributed by atoms with Crippen LogP contribution < -0.4 is 5.32 Å². The summed E-state index contributed by atoms with van der Waals surface area (Å²) >= 11 is 0. The van der Waals surface area contributed by atoms with Crippen molar-refractivity contribution in [3.8, 4) is 0 Å². The highest BCUT2D eigenvalue weighted by molar-refractivity contribution is 7.92. The van der Waals surface area contributed by atoms with E-state index in [2.05, 4.69) is 5.32 Å². The van der Waals surface area contributed by atoms with Gasteiger partial charge in [0.05, 0.1) is 15.7 Å². The third kappa shape index (κ3) is 2.51. The van der Waals surface area contributed by atoms with Gasteiger partial charge in [-0.25, -0.2) is 8.42 Å². The topological polar surface area (TPSA) is 46.2 Å². The van der Waals surface area contributed by atoms with E-state index in [9.17, 15) is 21.6 Å². The Morgan fingerprint density at radius 1 is 1.17 bits per heavy atom. The summed E-state index contributed by atoms with van der Waals surface area (Å²) in [6.45, 7) is 0.966. The van der Waals surface area contributed by atoms with Gasteiger partial charge in [0.25, 0.3) is 0 Å². The second kappa shape index (κ2) is 4.55. The van der Waals surface area contributed by atoms with Crippen molar-refractivity contribution in [2.45, 2.75) is 22.7 Å². The zero-order chi connectivity index (χ0) is 13.4. The van der Waals surface area contributed by atoms with Crippen LogP contribution in [0.3, 0.4) is 0 Å². The van der Waals surface area contributed by atoms with Crippen molar-refractivity contribution in [2.75, 3.05) is 13.1 Å². The van der Waals surface area contributed by atoms with Crippen LogP contribution in [0, 0.1) is 0 Å². The first-order valence-corrected chi connectivity index (χ1v) is 6.98. The van der Waals surface area contributed by atoms with Crippen molar-refractivity contribution < 1.29 is 21.6 Å². The fourth-order valence-corrected chi connectivity index (χ4v) is 3.58. The number of hydrogen-bond acceptors (Lipinski definition) is 3. The Morgan fingerprint density at radius 2 is 1.78 bits per heavy atom. The van der Waals surface area contributed by atoms with Crippen molar-refractivity contribution in [3.63, 3.8) is 0 Å². The highest BCUT2D eigenvalue weighted by Gasteiger charge is 2.33. The lowest BCUT2D eigenvalue weighted by Crippen LogP contribution is -2.24. The lowest BCUT2D eigenvalue weighted by Gasteiger charge is -2.12. The van der Waals surface area contributed by atoms with Gasteiger partial charge in [-0.3, -0.25) is 0 Å². The minimum absolute atomic E-state index is 0.0517. The van der Waals surface area contributed by atoms with Crippen molar-refractivity contribution in [2.24, 2.45) is 0 Å². The summed E-state index contributed by atoms with van der Waals surface area (Å²) < 4.78 is 61.2. The molecule has 0 bridgehead atoms. The highest BCUT2D eigenvalue weighted by Crippen LogP contribution is 2.30. The average Bonchev–Trinajstić information content (AvgIpc) is 2.82. The Bertz CT molecular complexity index is 516. The summed E-state index contributed by atoms with van der Waals surface area (Å²) in [5.74, 6) is 0. The summed E-state index contributed by atoms with van der Waals surface area (Å²) in [4.78, 5) is -0.0517. The largest absolute Gasteiger partial charge is 0.416 e. The molecular weight excluding hydrogens is 267 g/mol. The normalized spacial score (nSPS) is 21.2. The van der Waals surface area contributed by atoms with E-state index in [-0.39, 0.29) is 4.90 Å². The molecule has 100 valence electrons. The van der Waals surface area contributed by atoms with Crippen molar-refractivity contribution in [1.82, 2.24) is 5.32 Å². The average molecular weight is 279 g/mol. The predicted octanol–water partition coefficient (Wildman–Crippen LogP) is 1.84. The molecule has 1 aromatic carbocycles. The van der Waals surface area contributed by atoms with Crippen molar-refractivity contribution in [3.05, 3.63) is 29.8 Å². The standard InChI is InChI=1S/C11H12F3NO2S/c12-11(13,14)8-1-3-9(4-2-8)18(16,17)10-5-6-15-7-10/h1-4,10,15H,5-7H2. The van der Waals surface area contributed by atoms with Crippen LogP contribution in [0.4, 0.5) is 13.2 Å². The lowest BCUT2D eigenvalue weighted by molar-refractivity contribution is -0.137. The fraction of sp³-hybridized carbons (Fsp3) is 0.455. The van der Waals surface area contributed by atoms with Gasteiger partial charge in [-0.1, -0.05) is 0 Å². The molecule has 1 aliphatic rings. The second-order valence-electron chi connectivity index (χ2n) is 4.18. The van der Waals surface area contributed by atoms with Crippen LogP contribution >= 0.6 is 0 Å². The smallest absolute Gasteiger partial charge is 0.315 e. The van der Waals surface area contributed by atoms with Gasteiger partial charge in [0.2, 0.25) is 0 Å². The van der Waals surface area contributed by atoms with Crippen LogP contribution in [-0.4, -0.2) is 26.8 Å². The Kier molecular flexibility index (Phi) is 3.37. The molecular formula is C11H12F3NO2S. The molecule has 3 nitrogen and oxygen atoms in total. The molecule has 0 saturated carbocycles. The number of sulfone groups is 1. The monoisotopic (exact) mass is 279 g/mol. The first-order valence-electron chi connectivity index (χ1n) is 5.44. The quantitative estimate of drug-likeness (QED) is 0.898. The second-order valence-corrected chi connectivity index (χ2v) is 6.41. The summed E-state index contributed by atoms with van der Waals surface area (Å²) in [7, 11) is -3.53. The maximum atomic E-state index is 12.4. The highest BCUT2D eigenvalue weighted by atomic mass is 32.2. The molecule has 0 aliphatic carbocycles. The van der Waals surface area contributed by atoms with E-state index in [0.29, 0.717) is 19.5 Å². The summed E-state index contributed by atoms with van der Waals surface area (Å²) in [6, 6.07) is 3.65. The number of alkyl halides is 3. The van der Waals surface area contributed by atoms with Crippen LogP contribution in [-0.2, 0) is 16.0 Å². The molecule has 1 unspecified atom stereocenters. The molecule has 1 fully saturated rings. The van der Waals surface area contributed by atoms with Crippen LogP contribution in [0.2, 0.25) is 0 Å². The van der Waals surface area contributed by atoms with E-state index in [0.717, 1.165) is 24.3 Å². The molecule has 7 heteroatoms. The van der Waals surface area contributed by atoms with Gasteiger partial charge in [-0.15, -0.1) is 0 Å². The minimum Gasteiger partial charge on any atom is -0.315 e. The van der Waals surface area contributed by atoms with Gasteiger partial charge in [-0.05, 0) is 37.2 Å². The van der Waals surface area contributed by atoms with Gasteiger partial charge < -0.3 is 5.32 Å². The van der Waals surface area contributed by atoms with Gasteiger partial charge >= 0.3 is 6.18 Å². The summed E-state index contributed by atoms with van der Waals surface area (Å²) in [6.07, 6.45) is -3.96. The minimum atomic E-state index is -4.45. The Hall–Kier alpha value is -1.08. The molecule has 1 N–H and O–H groups in total. The van der Waals surface area contributed by atoms with Crippen LogP contribution in [0.5, 0.6) is 0 Å². The van der Waals surface area contributed by atoms with Crippen molar-refractivity contribution in [1.29, 1.82) is 0 Å². The molecule has 1 heterocycles. The number of rotatable bonds is 2. The molecule has 18 heavy (non-hydrogen) atoms. The maximum absolute atomic E-state index is 12.4. The SMILES string of the molecule is O=S(=O)(c1ccc(C(F)(F)F)cc1)C1CCNC1. The van der Waals surface area contributed by atoms with E-state index in [4.69, 9.17) is 0 Å². The molecule has 1 aromatic rings. The zero-order valence-electron chi connectivity index (χ0n) is 9.37. The van der Waals surface area contributed by atoms with Gasteiger partial charge in [0.15, 0.2) is 9.84 Å². The molecule has 2 rings (SSSR count). The molecule has 1 saturated heterocycles. The van der Waals surface area contributed by atoms with Crippen LogP contribution in [0.1, 0.15) is 12.0 Å². The fourth-order valence-electron chi connectivity index (χ4n) is 1.92. The molecule has 1 aliphatic heterocycles. The Balaban J connectivity index is 2.29. The first-order chi connectivity index (χ1) is 8.32. The van der Waals surface area contributed by atoms with Crippen LogP contribution in [0.25, 0.3) is 0 Å². The van der Waals surface area contributed by atoms with E-state index < -0.39 is 26.8 Å². The van der Waals surface area contributed by atoms with Crippen LogP contribution in [0.15, 0.2) is 29.2 Å². The summed E-state index contributed by atoms with van der Waals surface area (Å²) in [5, 5.41) is 2.38. The van der Waals surface area contributed by atoms with Gasteiger partial charge in [0, 0.05) is 6.54 Å².